The number of anilines is 2. The number of thioether (sulfide) groups is 1. The minimum absolute atomic E-state index is 0.235. The molecule has 2 atom stereocenters. The van der Waals surface area contributed by atoms with Gasteiger partial charge in [-0.05, 0) is 37.1 Å². The van der Waals surface area contributed by atoms with Crippen LogP contribution in [0.25, 0.3) is 0 Å². The summed E-state index contributed by atoms with van der Waals surface area (Å²) in [5.41, 5.74) is 0. The quantitative estimate of drug-likeness (QED) is 0.923. The smallest absolute Gasteiger partial charge is 0.230 e. The SMILES string of the molecule is CSC1CCCC(Nc2nc(Cl)nc(N(C)C)n2)C1. The van der Waals surface area contributed by atoms with Crippen molar-refractivity contribution < 1.29 is 0 Å². The highest BCUT2D eigenvalue weighted by molar-refractivity contribution is 7.99. The third-order valence-electron chi connectivity index (χ3n) is 3.29. The highest BCUT2D eigenvalue weighted by atomic mass is 35.5. The molecular formula is C12H20ClN5S. The van der Waals surface area contributed by atoms with Crippen LogP contribution in [0.1, 0.15) is 25.7 Å². The van der Waals surface area contributed by atoms with Crippen LogP contribution in [0, 0.1) is 0 Å². The molecule has 1 saturated carbocycles. The second-order valence-corrected chi connectivity index (χ2v) is 6.46. The molecule has 0 spiro atoms. The van der Waals surface area contributed by atoms with Crippen LogP contribution in [0.4, 0.5) is 11.9 Å². The topological polar surface area (TPSA) is 53.9 Å². The Hall–Kier alpha value is -0.750. The normalized spacial score (nSPS) is 23.2. The van der Waals surface area contributed by atoms with E-state index in [2.05, 4.69) is 26.5 Å². The lowest BCUT2D eigenvalue weighted by molar-refractivity contribution is 0.471. The molecule has 7 heteroatoms. The molecule has 1 N–H and O–H groups in total. The molecule has 0 aromatic carbocycles. The summed E-state index contributed by atoms with van der Waals surface area (Å²) in [5, 5.41) is 4.36. The molecule has 0 bridgehead atoms. The van der Waals surface area contributed by atoms with E-state index in [-0.39, 0.29) is 5.28 Å². The van der Waals surface area contributed by atoms with Crippen LogP contribution in [0.2, 0.25) is 5.28 Å². The van der Waals surface area contributed by atoms with Crippen LogP contribution in [-0.4, -0.2) is 46.6 Å². The molecule has 2 unspecified atom stereocenters. The Balaban J connectivity index is 2.06. The number of aromatic nitrogens is 3. The molecule has 0 radical (unpaired) electrons. The van der Waals surface area contributed by atoms with E-state index in [1.807, 2.05) is 30.8 Å². The molecule has 19 heavy (non-hydrogen) atoms. The van der Waals surface area contributed by atoms with Gasteiger partial charge in [0.2, 0.25) is 17.2 Å². The van der Waals surface area contributed by atoms with E-state index < -0.39 is 0 Å². The Kier molecular flexibility index (Phi) is 5.10. The number of hydrogen-bond acceptors (Lipinski definition) is 6. The van der Waals surface area contributed by atoms with Gasteiger partial charge in [-0.2, -0.15) is 26.7 Å². The summed E-state index contributed by atoms with van der Waals surface area (Å²) in [7, 11) is 3.78. The molecule has 1 heterocycles. The monoisotopic (exact) mass is 301 g/mol. The van der Waals surface area contributed by atoms with Crippen LogP contribution in [0.3, 0.4) is 0 Å². The van der Waals surface area contributed by atoms with Gasteiger partial charge in [0.05, 0.1) is 0 Å². The molecular weight excluding hydrogens is 282 g/mol. The average Bonchev–Trinajstić information content (AvgIpc) is 2.38. The number of nitrogens with one attached hydrogen (secondary N) is 1. The zero-order chi connectivity index (χ0) is 13.8. The minimum Gasteiger partial charge on any atom is -0.351 e. The molecule has 1 aliphatic rings. The highest BCUT2D eigenvalue weighted by Gasteiger charge is 2.22. The fourth-order valence-corrected chi connectivity index (χ4v) is 3.26. The second kappa shape index (κ2) is 6.61. The van der Waals surface area contributed by atoms with Gasteiger partial charge in [0, 0.05) is 25.4 Å². The lowest BCUT2D eigenvalue weighted by Gasteiger charge is -2.28. The summed E-state index contributed by atoms with van der Waals surface area (Å²) in [6.45, 7) is 0. The first-order valence-corrected chi connectivity index (χ1v) is 8.13. The van der Waals surface area contributed by atoms with E-state index in [0.29, 0.717) is 17.9 Å². The van der Waals surface area contributed by atoms with Crippen LogP contribution in [0.15, 0.2) is 0 Å². The van der Waals surface area contributed by atoms with Gasteiger partial charge >= 0.3 is 0 Å². The molecule has 2 rings (SSSR count). The molecule has 1 fully saturated rings. The third kappa shape index (κ3) is 4.11. The van der Waals surface area contributed by atoms with Crippen molar-refractivity contribution in [2.45, 2.75) is 37.0 Å². The van der Waals surface area contributed by atoms with Crippen LogP contribution in [-0.2, 0) is 0 Å². The van der Waals surface area contributed by atoms with Crippen molar-refractivity contribution in [2.75, 3.05) is 30.6 Å². The molecule has 1 aliphatic carbocycles. The largest absolute Gasteiger partial charge is 0.351 e. The zero-order valence-electron chi connectivity index (χ0n) is 11.6. The van der Waals surface area contributed by atoms with Gasteiger partial charge in [-0.15, -0.1) is 0 Å². The number of nitrogens with zero attached hydrogens (tertiary/aromatic N) is 4. The Morgan fingerprint density at radius 1 is 1.26 bits per heavy atom. The summed E-state index contributed by atoms with van der Waals surface area (Å²) in [6.07, 6.45) is 7.05. The Morgan fingerprint density at radius 3 is 2.74 bits per heavy atom. The van der Waals surface area contributed by atoms with E-state index in [1.165, 1.54) is 12.8 Å². The van der Waals surface area contributed by atoms with Crippen LogP contribution < -0.4 is 10.2 Å². The lowest BCUT2D eigenvalue weighted by Crippen LogP contribution is -2.29. The predicted molar refractivity (Wildman–Crippen MR) is 82.3 cm³/mol. The van der Waals surface area contributed by atoms with E-state index in [4.69, 9.17) is 11.6 Å². The van der Waals surface area contributed by atoms with E-state index in [1.54, 1.807) is 0 Å². The molecule has 0 aliphatic heterocycles. The Labute approximate surface area is 123 Å². The van der Waals surface area contributed by atoms with Crippen LogP contribution in [0.5, 0.6) is 0 Å². The first kappa shape index (κ1) is 14.7. The molecule has 0 amide bonds. The van der Waals surface area contributed by atoms with Gasteiger partial charge in [-0.1, -0.05) is 6.42 Å². The van der Waals surface area contributed by atoms with Gasteiger partial charge in [0.25, 0.3) is 0 Å². The van der Waals surface area contributed by atoms with Crippen LogP contribution >= 0.6 is 23.4 Å². The van der Waals surface area contributed by atoms with Gasteiger partial charge in [-0.25, -0.2) is 0 Å². The maximum Gasteiger partial charge on any atom is 0.230 e. The van der Waals surface area contributed by atoms with Gasteiger partial charge in [0.1, 0.15) is 0 Å². The van der Waals surface area contributed by atoms with Gasteiger partial charge < -0.3 is 10.2 Å². The van der Waals surface area contributed by atoms with Crippen molar-refractivity contribution in [1.29, 1.82) is 0 Å². The van der Waals surface area contributed by atoms with Gasteiger partial charge in [0.15, 0.2) is 0 Å². The molecule has 0 saturated heterocycles. The van der Waals surface area contributed by atoms with E-state index >= 15 is 0 Å². The fourth-order valence-electron chi connectivity index (χ4n) is 2.28. The molecule has 5 nitrogen and oxygen atoms in total. The summed E-state index contributed by atoms with van der Waals surface area (Å²) < 4.78 is 0. The Bertz CT molecular complexity index is 429. The summed E-state index contributed by atoms with van der Waals surface area (Å²) in [4.78, 5) is 14.4. The van der Waals surface area contributed by atoms with Crippen molar-refractivity contribution in [2.24, 2.45) is 0 Å². The minimum atomic E-state index is 0.235. The summed E-state index contributed by atoms with van der Waals surface area (Å²) in [6, 6.07) is 0.430. The number of hydrogen-bond donors (Lipinski definition) is 1. The lowest BCUT2D eigenvalue weighted by atomic mass is 9.95. The maximum atomic E-state index is 5.93. The first-order chi connectivity index (χ1) is 9.08. The summed E-state index contributed by atoms with van der Waals surface area (Å²) in [5.74, 6) is 1.16. The molecule has 106 valence electrons. The standard InChI is InChI=1S/C12H20ClN5S/c1-18(2)12-16-10(13)15-11(17-12)14-8-5-4-6-9(7-8)19-3/h8-9H,4-7H2,1-3H3,(H,14,15,16,17). The fraction of sp³-hybridized carbons (Fsp3) is 0.750. The van der Waals surface area contributed by atoms with Crippen molar-refractivity contribution in [1.82, 2.24) is 15.0 Å². The second-order valence-electron chi connectivity index (χ2n) is 4.99. The van der Waals surface area contributed by atoms with Crippen molar-refractivity contribution in [3.8, 4) is 0 Å². The molecule has 1 aromatic rings. The predicted octanol–water partition coefficient (Wildman–Crippen LogP) is 2.68. The zero-order valence-corrected chi connectivity index (χ0v) is 13.1. The number of rotatable bonds is 4. The average molecular weight is 302 g/mol. The van der Waals surface area contributed by atoms with E-state index in [9.17, 15) is 0 Å². The number of halogens is 1. The van der Waals surface area contributed by atoms with Gasteiger partial charge in [-0.3, -0.25) is 0 Å². The molecule has 1 aromatic heterocycles. The first-order valence-electron chi connectivity index (χ1n) is 6.46. The Morgan fingerprint density at radius 2 is 2.05 bits per heavy atom. The van der Waals surface area contributed by atoms with Crippen molar-refractivity contribution in [3.63, 3.8) is 0 Å². The van der Waals surface area contributed by atoms with Crippen molar-refractivity contribution >= 4 is 35.3 Å². The van der Waals surface area contributed by atoms with E-state index in [0.717, 1.165) is 18.1 Å². The maximum absolute atomic E-state index is 5.93. The highest BCUT2D eigenvalue weighted by Crippen LogP contribution is 2.28. The van der Waals surface area contributed by atoms with Crippen molar-refractivity contribution in [3.05, 3.63) is 5.28 Å². The third-order valence-corrected chi connectivity index (χ3v) is 4.55. The summed E-state index contributed by atoms with van der Waals surface area (Å²) >= 11 is 7.88.